The molecule has 158 valence electrons. The van der Waals surface area contributed by atoms with Crippen LogP contribution in [0.4, 0.5) is 0 Å². The molecule has 0 saturated carbocycles. The van der Waals surface area contributed by atoms with Gasteiger partial charge in [0.1, 0.15) is 0 Å². The molecule has 0 atom stereocenters. The van der Waals surface area contributed by atoms with Crippen LogP contribution < -0.4 is 10.6 Å². The molecule has 0 aromatic heterocycles. The average Bonchev–Trinajstić information content (AvgIpc) is 2.66. The maximum atomic E-state index is 12.3. The lowest BCUT2D eigenvalue weighted by Crippen LogP contribution is -2.49. The van der Waals surface area contributed by atoms with Crippen LogP contribution in [0.1, 0.15) is 45.6 Å². The molecule has 1 aromatic carbocycles. The highest BCUT2D eigenvalue weighted by molar-refractivity contribution is 7.90. The highest BCUT2D eigenvalue weighted by Gasteiger charge is 2.21. The topological polar surface area (TPSA) is 73.8 Å². The van der Waals surface area contributed by atoms with E-state index in [1.807, 2.05) is 37.3 Å². The second-order valence-corrected chi connectivity index (χ2v) is 9.92. The second kappa shape index (κ2) is 11.4. The SMILES string of the molecule is CCNC(=NCCCS(=O)(=O)Cc1ccccc1)NC1CCN(C(C)C)CC1. The van der Waals surface area contributed by atoms with E-state index >= 15 is 0 Å². The molecule has 0 amide bonds. The monoisotopic (exact) mass is 408 g/mol. The van der Waals surface area contributed by atoms with Crippen LogP contribution in [-0.4, -0.2) is 63.3 Å². The minimum absolute atomic E-state index is 0.101. The molecule has 0 unspecified atom stereocenters. The van der Waals surface area contributed by atoms with Gasteiger partial charge < -0.3 is 15.5 Å². The second-order valence-electron chi connectivity index (χ2n) is 7.74. The maximum Gasteiger partial charge on any atom is 0.191 e. The Morgan fingerprint density at radius 3 is 2.50 bits per heavy atom. The number of guanidine groups is 1. The lowest BCUT2D eigenvalue weighted by Gasteiger charge is -2.35. The van der Waals surface area contributed by atoms with Crippen molar-refractivity contribution in [3.05, 3.63) is 35.9 Å². The first-order valence-corrected chi connectivity index (χ1v) is 12.2. The lowest BCUT2D eigenvalue weighted by molar-refractivity contribution is 0.167. The molecule has 1 fully saturated rings. The Bertz CT molecular complexity index is 696. The number of nitrogens with one attached hydrogen (secondary N) is 2. The first-order chi connectivity index (χ1) is 13.4. The molecule has 0 bridgehead atoms. The van der Waals surface area contributed by atoms with Gasteiger partial charge in [-0.05, 0) is 45.6 Å². The van der Waals surface area contributed by atoms with Crippen LogP contribution in [-0.2, 0) is 15.6 Å². The summed E-state index contributed by atoms with van der Waals surface area (Å²) in [5.74, 6) is 1.06. The van der Waals surface area contributed by atoms with Crippen LogP contribution in [0.5, 0.6) is 0 Å². The Hall–Kier alpha value is -1.60. The van der Waals surface area contributed by atoms with E-state index in [1.165, 1.54) is 0 Å². The zero-order valence-corrected chi connectivity index (χ0v) is 18.3. The molecule has 7 heteroatoms. The third kappa shape index (κ3) is 8.19. The summed E-state index contributed by atoms with van der Waals surface area (Å²) in [7, 11) is -3.10. The maximum absolute atomic E-state index is 12.3. The summed E-state index contributed by atoms with van der Waals surface area (Å²) < 4.78 is 24.6. The Labute approximate surface area is 170 Å². The predicted molar refractivity (Wildman–Crippen MR) is 117 cm³/mol. The first-order valence-electron chi connectivity index (χ1n) is 10.4. The zero-order chi connectivity index (χ0) is 20.4. The number of hydrogen-bond acceptors (Lipinski definition) is 4. The van der Waals surface area contributed by atoms with E-state index in [0.29, 0.717) is 25.0 Å². The van der Waals surface area contributed by atoms with Crippen molar-refractivity contribution in [1.82, 2.24) is 15.5 Å². The molecular weight excluding hydrogens is 372 g/mol. The van der Waals surface area contributed by atoms with Gasteiger partial charge in [0.05, 0.1) is 11.5 Å². The molecule has 0 spiro atoms. The van der Waals surface area contributed by atoms with Gasteiger partial charge >= 0.3 is 0 Å². The van der Waals surface area contributed by atoms with Crippen LogP contribution in [0.15, 0.2) is 35.3 Å². The van der Waals surface area contributed by atoms with Gasteiger partial charge in [-0.3, -0.25) is 4.99 Å². The fraction of sp³-hybridized carbons (Fsp3) is 0.667. The standard InChI is InChI=1S/C21H36N4O2S/c1-4-22-21(24-20-11-14-25(15-12-20)18(2)3)23-13-8-16-28(26,27)17-19-9-6-5-7-10-19/h5-7,9-10,18,20H,4,8,11-17H2,1-3H3,(H2,22,23,24). The van der Waals surface area contributed by atoms with Crippen molar-refractivity contribution in [3.8, 4) is 0 Å². The van der Waals surface area contributed by atoms with Crippen LogP contribution in [0, 0.1) is 0 Å². The molecule has 28 heavy (non-hydrogen) atoms. The van der Waals surface area contributed by atoms with Crippen molar-refractivity contribution in [2.24, 2.45) is 4.99 Å². The highest BCUT2D eigenvalue weighted by Crippen LogP contribution is 2.13. The molecule has 2 N–H and O–H groups in total. The number of aliphatic imine (C=N–C) groups is 1. The van der Waals surface area contributed by atoms with Crippen LogP contribution in [0.2, 0.25) is 0 Å². The quantitative estimate of drug-likeness (QED) is 0.373. The van der Waals surface area contributed by atoms with Crippen LogP contribution in [0.3, 0.4) is 0 Å². The van der Waals surface area contributed by atoms with Crippen molar-refractivity contribution in [2.45, 2.75) is 57.9 Å². The third-order valence-electron chi connectivity index (χ3n) is 5.06. The molecule has 0 aliphatic carbocycles. The Balaban J connectivity index is 1.77. The fourth-order valence-corrected chi connectivity index (χ4v) is 4.86. The summed E-state index contributed by atoms with van der Waals surface area (Å²) in [6, 6.07) is 10.4. The summed E-state index contributed by atoms with van der Waals surface area (Å²) in [5.41, 5.74) is 0.841. The normalized spacial score (nSPS) is 17.1. The minimum Gasteiger partial charge on any atom is -0.357 e. The fourth-order valence-electron chi connectivity index (χ4n) is 3.45. The average molecular weight is 409 g/mol. The van der Waals surface area contributed by atoms with Crippen molar-refractivity contribution in [3.63, 3.8) is 0 Å². The predicted octanol–water partition coefficient (Wildman–Crippen LogP) is 2.42. The van der Waals surface area contributed by atoms with Crippen molar-refractivity contribution in [2.75, 3.05) is 31.9 Å². The Morgan fingerprint density at radius 2 is 1.89 bits per heavy atom. The summed E-state index contributed by atoms with van der Waals surface area (Å²) in [6.07, 6.45) is 2.75. The molecule has 2 rings (SSSR count). The summed E-state index contributed by atoms with van der Waals surface area (Å²) in [4.78, 5) is 7.09. The molecule has 1 aliphatic heterocycles. The third-order valence-corrected chi connectivity index (χ3v) is 6.74. The van der Waals surface area contributed by atoms with E-state index < -0.39 is 9.84 Å². The van der Waals surface area contributed by atoms with Gasteiger partial charge in [0.25, 0.3) is 0 Å². The largest absolute Gasteiger partial charge is 0.357 e. The van der Waals surface area contributed by atoms with E-state index in [2.05, 4.69) is 34.4 Å². The first kappa shape index (κ1) is 22.7. The molecule has 6 nitrogen and oxygen atoms in total. The molecule has 1 saturated heterocycles. The molecular formula is C21H36N4O2S. The van der Waals surface area contributed by atoms with Gasteiger partial charge in [-0.25, -0.2) is 8.42 Å². The number of sulfone groups is 1. The van der Waals surface area contributed by atoms with Crippen molar-refractivity contribution < 1.29 is 8.42 Å². The van der Waals surface area contributed by atoms with E-state index in [-0.39, 0.29) is 11.5 Å². The number of rotatable bonds is 9. The summed E-state index contributed by atoms with van der Waals surface area (Å²) >= 11 is 0. The van der Waals surface area contributed by atoms with Crippen LogP contribution >= 0.6 is 0 Å². The Morgan fingerprint density at radius 1 is 1.21 bits per heavy atom. The van der Waals surface area contributed by atoms with E-state index in [1.54, 1.807) is 0 Å². The number of benzene rings is 1. The number of hydrogen-bond donors (Lipinski definition) is 2. The summed E-state index contributed by atoms with van der Waals surface area (Å²) in [5, 5.41) is 6.79. The molecule has 1 heterocycles. The Kier molecular flexibility index (Phi) is 9.25. The van der Waals surface area contributed by atoms with Crippen molar-refractivity contribution in [1.29, 1.82) is 0 Å². The van der Waals surface area contributed by atoms with Crippen molar-refractivity contribution >= 4 is 15.8 Å². The van der Waals surface area contributed by atoms with Gasteiger partial charge in [-0.2, -0.15) is 0 Å². The van der Waals surface area contributed by atoms with Gasteiger partial charge in [0.15, 0.2) is 15.8 Å². The summed E-state index contributed by atoms with van der Waals surface area (Å²) in [6.45, 7) is 10.0. The highest BCUT2D eigenvalue weighted by atomic mass is 32.2. The molecule has 1 aromatic rings. The van der Waals surface area contributed by atoms with E-state index in [4.69, 9.17) is 0 Å². The molecule has 0 radical (unpaired) electrons. The van der Waals surface area contributed by atoms with E-state index in [0.717, 1.165) is 44.0 Å². The zero-order valence-electron chi connectivity index (χ0n) is 17.5. The van der Waals surface area contributed by atoms with Gasteiger partial charge in [-0.1, -0.05) is 30.3 Å². The smallest absolute Gasteiger partial charge is 0.191 e. The number of likely N-dealkylation sites (tertiary alicyclic amines) is 1. The lowest BCUT2D eigenvalue weighted by atomic mass is 10.0. The van der Waals surface area contributed by atoms with Crippen LogP contribution in [0.25, 0.3) is 0 Å². The number of piperidine rings is 1. The van der Waals surface area contributed by atoms with E-state index in [9.17, 15) is 8.42 Å². The van der Waals surface area contributed by atoms with Gasteiger partial charge in [0.2, 0.25) is 0 Å². The van der Waals surface area contributed by atoms with Gasteiger partial charge in [-0.15, -0.1) is 0 Å². The number of nitrogens with zero attached hydrogens (tertiary/aromatic N) is 2. The van der Waals surface area contributed by atoms with Gasteiger partial charge in [0, 0.05) is 38.3 Å². The molecule has 1 aliphatic rings. The minimum atomic E-state index is -3.10.